The molecule has 0 aliphatic heterocycles. The maximum Gasteiger partial charge on any atom is 0.252 e. The molecule has 0 unspecified atom stereocenters. The minimum absolute atomic E-state index is 0.513. The van der Waals surface area contributed by atoms with Crippen LogP contribution in [0.25, 0.3) is 5.78 Å². The van der Waals surface area contributed by atoms with Crippen LogP contribution in [0.15, 0.2) is 31.0 Å². The van der Waals surface area contributed by atoms with Gasteiger partial charge in [0.25, 0.3) is 5.78 Å². The van der Waals surface area contributed by atoms with E-state index in [0.717, 1.165) is 5.82 Å². The Bertz CT molecular complexity index is 733. The van der Waals surface area contributed by atoms with Gasteiger partial charge in [-0.25, -0.2) is 19.5 Å². The molecule has 0 atom stereocenters. The van der Waals surface area contributed by atoms with Gasteiger partial charge < -0.3 is 5.32 Å². The normalized spacial score (nSPS) is 14.6. The van der Waals surface area contributed by atoms with Crippen LogP contribution in [-0.4, -0.2) is 29.5 Å². The van der Waals surface area contributed by atoms with Gasteiger partial charge in [0.2, 0.25) is 0 Å². The van der Waals surface area contributed by atoms with Gasteiger partial charge in [0.1, 0.15) is 12.1 Å². The second-order valence-corrected chi connectivity index (χ2v) is 4.88. The molecule has 7 nitrogen and oxygen atoms in total. The summed E-state index contributed by atoms with van der Waals surface area (Å²) in [4.78, 5) is 16.7. The lowest BCUT2D eigenvalue weighted by Crippen LogP contribution is -2.03. The highest BCUT2D eigenvalue weighted by Crippen LogP contribution is 2.39. The summed E-state index contributed by atoms with van der Waals surface area (Å²) in [5, 5.41) is 7.59. The molecule has 1 fully saturated rings. The summed E-state index contributed by atoms with van der Waals surface area (Å²) in [7, 11) is 0. The van der Waals surface area contributed by atoms with Gasteiger partial charge in [0.15, 0.2) is 5.82 Å². The van der Waals surface area contributed by atoms with Crippen molar-refractivity contribution in [3.63, 3.8) is 0 Å². The lowest BCUT2D eigenvalue weighted by molar-refractivity contribution is 0.865. The van der Waals surface area contributed by atoms with Crippen molar-refractivity contribution in [2.75, 3.05) is 5.32 Å². The summed E-state index contributed by atoms with van der Waals surface area (Å²) < 4.78 is 1.75. The molecule has 3 heterocycles. The Morgan fingerprint density at radius 2 is 2.25 bits per heavy atom. The predicted molar refractivity (Wildman–Crippen MR) is 72.1 cm³/mol. The SMILES string of the molecule is c1cc(NCc2nc3ncc(C4CC4)cn3n2)ncn1. The Kier molecular flexibility index (Phi) is 2.55. The van der Waals surface area contributed by atoms with E-state index < -0.39 is 0 Å². The van der Waals surface area contributed by atoms with E-state index in [1.54, 1.807) is 16.8 Å². The molecule has 7 heteroatoms. The highest BCUT2D eigenvalue weighted by molar-refractivity contribution is 5.34. The highest BCUT2D eigenvalue weighted by Gasteiger charge is 2.24. The third-order valence-corrected chi connectivity index (χ3v) is 3.32. The minimum atomic E-state index is 0.513. The molecule has 4 rings (SSSR count). The van der Waals surface area contributed by atoms with Crippen LogP contribution in [0.1, 0.15) is 30.1 Å². The standard InChI is InChI=1S/C13H13N7/c1-2-9(1)10-5-16-13-18-12(19-20(13)7-10)6-15-11-3-4-14-8-17-11/h3-5,7-9H,1-2,6H2,(H,14,15,17). The van der Waals surface area contributed by atoms with Crippen LogP contribution in [0, 0.1) is 0 Å². The second-order valence-electron chi connectivity index (χ2n) is 4.88. The van der Waals surface area contributed by atoms with E-state index >= 15 is 0 Å². The lowest BCUT2D eigenvalue weighted by atomic mass is 10.2. The largest absolute Gasteiger partial charge is 0.363 e. The number of hydrogen-bond acceptors (Lipinski definition) is 6. The molecule has 0 spiro atoms. The molecular formula is C13H13N7. The molecule has 1 aliphatic carbocycles. The van der Waals surface area contributed by atoms with Crippen molar-refractivity contribution in [2.45, 2.75) is 25.3 Å². The number of anilines is 1. The molecule has 20 heavy (non-hydrogen) atoms. The smallest absolute Gasteiger partial charge is 0.252 e. The number of nitrogens with zero attached hydrogens (tertiary/aromatic N) is 6. The predicted octanol–water partition coefficient (Wildman–Crippen LogP) is 1.40. The van der Waals surface area contributed by atoms with Crippen LogP contribution >= 0.6 is 0 Å². The Labute approximate surface area is 115 Å². The van der Waals surface area contributed by atoms with Crippen LogP contribution in [0.2, 0.25) is 0 Å². The van der Waals surface area contributed by atoms with Crippen LogP contribution in [0.5, 0.6) is 0 Å². The maximum absolute atomic E-state index is 4.44. The van der Waals surface area contributed by atoms with Gasteiger partial charge in [-0.3, -0.25) is 0 Å². The average Bonchev–Trinajstić information content (AvgIpc) is 3.26. The zero-order chi connectivity index (χ0) is 13.4. The first-order valence-electron chi connectivity index (χ1n) is 6.59. The molecular weight excluding hydrogens is 254 g/mol. The summed E-state index contributed by atoms with van der Waals surface area (Å²) in [5.41, 5.74) is 1.25. The fourth-order valence-corrected chi connectivity index (χ4v) is 2.11. The Morgan fingerprint density at radius 3 is 3.05 bits per heavy atom. The number of aromatic nitrogens is 6. The summed E-state index contributed by atoms with van der Waals surface area (Å²) in [6.07, 6.45) is 9.64. The molecule has 0 saturated heterocycles. The first-order valence-corrected chi connectivity index (χ1v) is 6.59. The van der Waals surface area contributed by atoms with E-state index in [9.17, 15) is 0 Å². The van der Waals surface area contributed by atoms with Crippen molar-refractivity contribution in [3.05, 3.63) is 42.4 Å². The molecule has 3 aromatic heterocycles. The zero-order valence-corrected chi connectivity index (χ0v) is 10.8. The highest BCUT2D eigenvalue weighted by atomic mass is 15.3. The Balaban J connectivity index is 1.54. The quantitative estimate of drug-likeness (QED) is 0.769. The average molecular weight is 267 g/mol. The molecule has 0 bridgehead atoms. The summed E-state index contributed by atoms with van der Waals surface area (Å²) in [6, 6.07) is 1.80. The van der Waals surface area contributed by atoms with Crippen LogP contribution in [0.4, 0.5) is 5.82 Å². The van der Waals surface area contributed by atoms with Crippen molar-refractivity contribution < 1.29 is 0 Å². The van der Waals surface area contributed by atoms with Crippen LogP contribution in [0.3, 0.4) is 0 Å². The van der Waals surface area contributed by atoms with Gasteiger partial charge in [0.05, 0.1) is 6.54 Å². The molecule has 0 amide bonds. The first kappa shape index (κ1) is 11.3. The maximum atomic E-state index is 4.44. The van der Waals surface area contributed by atoms with Crippen molar-refractivity contribution in [2.24, 2.45) is 0 Å². The van der Waals surface area contributed by atoms with Crippen molar-refractivity contribution in [1.82, 2.24) is 29.5 Å². The number of fused-ring (bicyclic) bond motifs is 1. The summed E-state index contributed by atoms with van der Waals surface area (Å²) in [6.45, 7) is 0.513. The first-order chi connectivity index (χ1) is 9.88. The van der Waals surface area contributed by atoms with E-state index in [0.29, 0.717) is 24.1 Å². The van der Waals surface area contributed by atoms with Gasteiger partial charge >= 0.3 is 0 Å². The van der Waals surface area contributed by atoms with Gasteiger partial charge in [-0.1, -0.05) is 0 Å². The fraction of sp³-hybridized carbons (Fsp3) is 0.308. The van der Waals surface area contributed by atoms with Gasteiger partial charge in [-0.05, 0) is 30.4 Å². The van der Waals surface area contributed by atoms with Crippen molar-refractivity contribution >= 4 is 11.6 Å². The number of hydrogen-bond donors (Lipinski definition) is 1. The third-order valence-electron chi connectivity index (χ3n) is 3.32. The van der Waals surface area contributed by atoms with Gasteiger partial charge in [-0.15, -0.1) is 5.10 Å². The molecule has 1 saturated carbocycles. The van der Waals surface area contributed by atoms with E-state index in [1.807, 2.05) is 12.4 Å². The van der Waals surface area contributed by atoms with E-state index in [2.05, 4.69) is 30.4 Å². The molecule has 0 aromatic carbocycles. The molecule has 3 aromatic rings. The number of nitrogens with one attached hydrogen (secondary N) is 1. The number of rotatable bonds is 4. The summed E-state index contributed by atoms with van der Waals surface area (Å²) in [5.74, 6) is 2.75. The van der Waals surface area contributed by atoms with Gasteiger partial charge in [-0.2, -0.15) is 4.98 Å². The zero-order valence-electron chi connectivity index (χ0n) is 10.8. The molecule has 1 N–H and O–H groups in total. The van der Waals surface area contributed by atoms with Crippen molar-refractivity contribution in [1.29, 1.82) is 0 Å². The van der Waals surface area contributed by atoms with E-state index in [4.69, 9.17) is 0 Å². The Hall–Kier alpha value is -2.57. The molecule has 100 valence electrons. The minimum Gasteiger partial charge on any atom is -0.363 e. The van der Waals surface area contributed by atoms with Crippen molar-refractivity contribution in [3.8, 4) is 0 Å². The van der Waals surface area contributed by atoms with Gasteiger partial charge in [0, 0.05) is 18.6 Å². The second kappa shape index (κ2) is 4.52. The van der Waals surface area contributed by atoms with Crippen LogP contribution in [-0.2, 0) is 6.54 Å². The monoisotopic (exact) mass is 267 g/mol. The van der Waals surface area contributed by atoms with E-state index in [-0.39, 0.29) is 0 Å². The Morgan fingerprint density at radius 1 is 1.30 bits per heavy atom. The lowest BCUT2D eigenvalue weighted by Gasteiger charge is -2.00. The third kappa shape index (κ3) is 2.18. The fourth-order valence-electron chi connectivity index (χ4n) is 2.11. The summed E-state index contributed by atoms with van der Waals surface area (Å²) >= 11 is 0. The van der Waals surface area contributed by atoms with E-state index in [1.165, 1.54) is 24.7 Å². The van der Waals surface area contributed by atoms with Crippen LogP contribution < -0.4 is 5.32 Å². The molecule has 1 aliphatic rings. The molecule has 0 radical (unpaired) electrons. The topological polar surface area (TPSA) is 80.9 Å².